The van der Waals surface area contributed by atoms with Gasteiger partial charge in [0.05, 0.1) is 22.4 Å². The van der Waals surface area contributed by atoms with Crippen molar-refractivity contribution in [3.8, 4) is 6.01 Å². The van der Waals surface area contributed by atoms with Gasteiger partial charge in [0.15, 0.2) is 0 Å². The first kappa shape index (κ1) is 44.2. The van der Waals surface area contributed by atoms with Crippen molar-refractivity contribution in [3.05, 3.63) is 23.8 Å². The first-order chi connectivity index (χ1) is 27.5. The summed E-state index contributed by atoms with van der Waals surface area (Å²) in [5.74, 6) is -2.59. The minimum atomic E-state index is -4.08. The third-order valence-corrected chi connectivity index (χ3v) is 14.3. The Kier molecular flexibility index (Phi) is 12.1. The first-order valence-electron chi connectivity index (χ1n) is 21.2. The second kappa shape index (κ2) is 16.2. The maximum atomic E-state index is 14.7. The van der Waals surface area contributed by atoms with Gasteiger partial charge in [-0.3, -0.25) is 28.5 Å². The summed E-state index contributed by atoms with van der Waals surface area (Å²) in [6.45, 7) is 16.6. The monoisotopic (exact) mass is 841 g/mol. The van der Waals surface area contributed by atoms with Crippen molar-refractivity contribution in [3.63, 3.8) is 0 Å². The summed E-state index contributed by atoms with van der Waals surface area (Å²) in [6, 6.07) is 3.11. The molecule has 4 bridgehead atoms. The van der Waals surface area contributed by atoms with E-state index in [1.165, 1.54) is 4.90 Å². The maximum Gasteiger partial charge on any atom is 0.408 e. The number of hydrogen-bond acceptors (Lipinski definition) is 10. The molecule has 2 aliphatic heterocycles. The number of carbonyl (C=O) groups is 5. The van der Waals surface area contributed by atoms with E-state index < -0.39 is 73.3 Å². The smallest absolute Gasteiger partial charge is 0.408 e. The topological polar surface area (TPSA) is 207 Å². The molecule has 16 nitrogen and oxygen atoms in total. The Hall–Kier alpha value is -4.41. The minimum absolute atomic E-state index is 0.00851. The molecule has 3 heterocycles. The molecular weight excluding hydrogens is 779 g/mol. The molecule has 0 radical (unpaired) electrons. The van der Waals surface area contributed by atoms with Crippen LogP contribution in [0.25, 0.3) is 11.0 Å². The molecule has 4 aliphatic rings. The van der Waals surface area contributed by atoms with E-state index in [1.54, 1.807) is 53.7 Å². The highest BCUT2D eigenvalue weighted by Gasteiger charge is 2.64. The predicted molar refractivity (Wildman–Crippen MR) is 221 cm³/mol. The molecule has 2 saturated carbocycles. The molecule has 1 aromatic carbocycles. The van der Waals surface area contributed by atoms with Crippen LogP contribution < -0.4 is 25.4 Å². The summed E-state index contributed by atoms with van der Waals surface area (Å²) < 4.78 is 42.9. The number of aromatic nitrogens is 2. The molecule has 1 aromatic heterocycles. The van der Waals surface area contributed by atoms with Gasteiger partial charge in [0.1, 0.15) is 34.8 Å². The van der Waals surface area contributed by atoms with E-state index in [4.69, 9.17) is 14.5 Å². The number of fused-ring (bicyclic) bond motifs is 3. The van der Waals surface area contributed by atoms with Gasteiger partial charge in [-0.05, 0) is 90.2 Å². The summed E-state index contributed by atoms with van der Waals surface area (Å²) in [7, 11) is -4.08. The summed E-state index contributed by atoms with van der Waals surface area (Å²) in [5, 5.41) is 8.65. The zero-order valence-electron chi connectivity index (χ0n) is 36.0. The molecule has 5 amide bonds. The SMILES string of the molecule is CC[C@@H]1C[C@@]12NC(=O)[C@@H]1C[C@H](CN1C(=O)[C@@H](NC(=O)OC(C)(C)C)C(C)(C)C)Oc1nc3c(cccc3n1C(C)C)C(=O)NCCCCCCC1(CC1)S(=O)(=O)NC2=O. The number of nitrogens with zero attached hydrogens (tertiary/aromatic N) is 3. The molecule has 0 unspecified atom stereocenters. The van der Waals surface area contributed by atoms with Gasteiger partial charge in [-0.25, -0.2) is 13.2 Å². The fourth-order valence-electron chi connectivity index (χ4n) is 8.58. The number of likely N-dealkylation sites (tertiary alicyclic amines) is 1. The van der Waals surface area contributed by atoms with Gasteiger partial charge in [0, 0.05) is 19.0 Å². The zero-order chi connectivity index (χ0) is 43.3. The Morgan fingerprint density at radius 2 is 1.73 bits per heavy atom. The average molecular weight is 842 g/mol. The number of ether oxygens (including phenoxy) is 2. The van der Waals surface area contributed by atoms with Gasteiger partial charge in [-0.1, -0.05) is 59.4 Å². The molecule has 59 heavy (non-hydrogen) atoms. The highest BCUT2D eigenvalue weighted by atomic mass is 32.2. The van der Waals surface area contributed by atoms with E-state index >= 15 is 0 Å². The highest BCUT2D eigenvalue weighted by Crippen LogP contribution is 2.50. The van der Waals surface area contributed by atoms with E-state index in [9.17, 15) is 32.4 Å². The second-order valence-corrected chi connectivity index (χ2v) is 21.3. The molecule has 2 aliphatic carbocycles. The molecule has 2 aromatic rings. The fraction of sp³-hybridized carbons (Fsp3) is 0.714. The number of rotatable bonds is 4. The van der Waals surface area contributed by atoms with E-state index in [2.05, 4.69) is 20.7 Å². The lowest BCUT2D eigenvalue weighted by atomic mass is 9.85. The van der Waals surface area contributed by atoms with E-state index in [1.807, 2.05) is 31.4 Å². The number of para-hydroxylation sites is 1. The van der Waals surface area contributed by atoms with Gasteiger partial charge < -0.3 is 30.3 Å². The number of alkyl carbamates (subject to hydrolysis) is 1. The largest absolute Gasteiger partial charge is 0.459 e. The van der Waals surface area contributed by atoms with Crippen molar-refractivity contribution in [1.29, 1.82) is 0 Å². The van der Waals surface area contributed by atoms with Gasteiger partial charge in [0.25, 0.3) is 17.8 Å². The van der Waals surface area contributed by atoms with Crippen molar-refractivity contribution in [2.24, 2.45) is 11.3 Å². The number of nitrogens with one attached hydrogen (secondary N) is 4. The highest BCUT2D eigenvalue weighted by molar-refractivity contribution is 7.91. The molecule has 1 saturated heterocycles. The van der Waals surface area contributed by atoms with Gasteiger partial charge >= 0.3 is 6.09 Å². The third kappa shape index (κ3) is 9.19. The van der Waals surface area contributed by atoms with Crippen LogP contribution >= 0.6 is 0 Å². The summed E-state index contributed by atoms with van der Waals surface area (Å²) in [4.78, 5) is 76.3. The predicted octanol–water partition coefficient (Wildman–Crippen LogP) is 4.86. The number of sulfonamides is 1. The molecule has 2 spiro atoms. The van der Waals surface area contributed by atoms with Crippen LogP contribution in [0.4, 0.5) is 4.79 Å². The van der Waals surface area contributed by atoms with Crippen LogP contribution in [0.15, 0.2) is 18.2 Å². The van der Waals surface area contributed by atoms with Crippen molar-refractivity contribution < 1.29 is 41.9 Å². The van der Waals surface area contributed by atoms with E-state index in [0.29, 0.717) is 61.7 Å². The number of carbonyl (C=O) groups excluding carboxylic acids is 5. The first-order valence-corrected chi connectivity index (χ1v) is 22.7. The summed E-state index contributed by atoms with van der Waals surface area (Å²) in [6.07, 6.45) is 3.32. The standard InChI is InChI=1S/C42H63N7O9S/c1-10-26-23-42(26)36(53)47-59(55,56)41(19-20-41)18-13-11-12-14-21-43-33(50)28-16-15-17-29-31(28)44-37(49(29)25(2)3)57-27-22-30(34(51)46-42)48(24-27)35(52)32(39(4,5)6)45-38(54)58-40(7,8)9/h15-17,25-27,30,32H,10-14,18-24H2,1-9H3,(H,43,50)(H,45,54)(H,46,51)(H,47,53)/t26-,27-,30+,32-,42-/m1/s1. The number of benzene rings is 1. The Bertz CT molecular complexity index is 2080. The van der Waals surface area contributed by atoms with Crippen LogP contribution in [0.3, 0.4) is 0 Å². The lowest BCUT2D eigenvalue weighted by Crippen LogP contribution is -2.60. The average Bonchev–Trinajstić information content (AvgIpc) is 3.99. The summed E-state index contributed by atoms with van der Waals surface area (Å²) >= 11 is 0. The number of imidazole rings is 1. The molecule has 6 rings (SSSR count). The van der Waals surface area contributed by atoms with Crippen molar-refractivity contribution in [2.75, 3.05) is 13.1 Å². The minimum Gasteiger partial charge on any atom is -0.459 e. The Labute approximate surface area is 347 Å². The van der Waals surface area contributed by atoms with Gasteiger partial charge in [0.2, 0.25) is 21.8 Å². The van der Waals surface area contributed by atoms with Crippen molar-refractivity contribution in [2.45, 2.75) is 167 Å². The molecule has 5 atom stereocenters. The zero-order valence-corrected chi connectivity index (χ0v) is 36.8. The fourth-order valence-corrected chi connectivity index (χ4v) is 10.3. The van der Waals surface area contributed by atoms with Crippen LogP contribution in [-0.2, 0) is 29.1 Å². The van der Waals surface area contributed by atoms with Crippen LogP contribution in [0.5, 0.6) is 6.01 Å². The third-order valence-electron chi connectivity index (χ3n) is 12.1. The van der Waals surface area contributed by atoms with Crippen molar-refractivity contribution in [1.82, 2.24) is 35.1 Å². The van der Waals surface area contributed by atoms with Crippen LogP contribution in [0, 0.1) is 11.3 Å². The molecular formula is C42H63N7O9S. The van der Waals surface area contributed by atoms with Gasteiger partial charge in [-0.2, -0.15) is 4.98 Å². The van der Waals surface area contributed by atoms with Gasteiger partial charge in [-0.15, -0.1) is 0 Å². The number of hydrogen-bond donors (Lipinski definition) is 4. The Morgan fingerprint density at radius 1 is 1.03 bits per heavy atom. The molecule has 17 heteroatoms. The Balaban J connectivity index is 1.39. The maximum absolute atomic E-state index is 14.7. The second-order valence-electron chi connectivity index (χ2n) is 19.3. The van der Waals surface area contributed by atoms with Crippen molar-refractivity contribution >= 4 is 50.8 Å². The lowest BCUT2D eigenvalue weighted by Gasteiger charge is -2.36. The molecule has 326 valence electrons. The summed E-state index contributed by atoms with van der Waals surface area (Å²) in [5.41, 5.74) is -1.66. The normalized spacial score (nSPS) is 26.8. The van der Waals surface area contributed by atoms with Crippen LogP contribution in [-0.4, -0.2) is 99.8 Å². The lowest BCUT2D eigenvalue weighted by molar-refractivity contribution is -0.143. The quantitative estimate of drug-likeness (QED) is 0.329. The number of amides is 5. The van der Waals surface area contributed by atoms with E-state index in [0.717, 1.165) is 12.8 Å². The molecule has 4 N–H and O–H groups in total. The van der Waals surface area contributed by atoms with E-state index in [-0.39, 0.29) is 43.3 Å². The van der Waals surface area contributed by atoms with Crippen LogP contribution in [0.2, 0.25) is 0 Å². The Morgan fingerprint density at radius 3 is 2.34 bits per heavy atom. The molecule has 3 fully saturated rings. The van der Waals surface area contributed by atoms with Crippen LogP contribution in [0.1, 0.15) is 143 Å².